The summed E-state index contributed by atoms with van der Waals surface area (Å²) in [5, 5.41) is 0.434. The Balaban J connectivity index is 3.25. The summed E-state index contributed by atoms with van der Waals surface area (Å²) in [6.07, 6.45) is 0.819. The maximum absolute atomic E-state index is 12.8. The normalized spacial score (nSPS) is 13.3. The molecule has 0 aliphatic rings. The second-order valence-corrected chi connectivity index (χ2v) is 9.73. The molecule has 0 heterocycles. The van der Waals surface area contributed by atoms with Crippen molar-refractivity contribution in [1.82, 2.24) is 0 Å². The van der Waals surface area contributed by atoms with Gasteiger partial charge >= 0.3 is 6.80 Å². The summed E-state index contributed by atoms with van der Waals surface area (Å²) in [6, 6.07) is 4.86. The molecule has 0 aliphatic heterocycles. The van der Waals surface area contributed by atoms with E-state index >= 15 is 0 Å². The van der Waals surface area contributed by atoms with Crippen LogP contribution in [0.4, 0.5) is 0 Å². The van der Waals surface area contributed by atoms with Crippen molar-refractivity contribution in [3.05, 3.63) is 33.3 Å². The van der Waals surface area contributed by atoms with Gasteiger partial charge in [-0.1, -0.05) is 41.7 Å². The molecule has 23 heavy (non-hydrogen) atoms. The van der Waals surface area contributed by atoms with Gasteiger partial charge in [-0.25, -0.2) is 4.57 Å². The van der Waals surface area contributed by atoms with E-state index in [1.165, 1.54) is 7.11 Å². The lowest BCUT2D eigenvalue weighted by Crippen LogP contribution is -1.98. The van der Waals surface area contributed by atoms with Gasteiger partial charge < -0.3 is 9.26 Å². The molecule has 4 nitrogen and oxygen atoms in total. The third kappa shape index (κ3) is 6.41. The van der Waals surface area contributed by atoms with E-state index in [2.05, 4.69) is 0 Å². The molecule has 0 radical (unpaired) electrons. The largest absolute Gasteiger partial charge is 0.496 e. The van der Waals surface area contributed by atoms with Crippen LogP contribution in [-0.2, 0) is 13.6 Å². The van der Waals surface area contributed by atoms with Crippen LogP contribution in [0.25, 0.3) is 5.76 Å². The third-order valence-corrected chi connectivity index (χ3v) is 7.02. The molecule has 0 aliphatic carbocycles. The SMILES string of the molecule is CCCSP(=O)(OCC)OC(=C(Cl)Cl)c1cc(Cl)ccc1OC. The number of benzene rings is 1. The smallest absolute Gasteiger partial charge is 0.440 e. The van der Waals surface area contributed by atoms with Gasteiger partial charge in [-0.15, -0.1) is 0 Å². The van der Waals surface area contributed by atoms with Gasteiger partial charge in [0.1, 0.15) is 10.2 Å². The Morgan fingerprint density at radius 2 is 2.00 bits per heavy atom. The number of hydrogen-bond donors (Lipinski definition) is 0. The first-order chi connectivity index (χ1) is 10.9. The van der Waals surface area contributed by atoms with Crippen molar-refractivity contribution in [2.75, 3.05) is 19.5 Å². The molecule has 0 aromatic heterocycles. The minimum atomic E-state index is -3.47. The maximum atomic E-state index is 12.8. The van der Waals surface area contributed by atoms with Crippen LogP contribution in [0.3, 0.4) is 0 Å². The minimum Gasteiger partial charge on any atom is -0.496 e. The highest BCUT2D eigenvalue weighted by molar-refractivity contribution is 8.55. The van der Waals surface area contributed by atoms with Crippen LogP contribution in [0.1, 0.15) is 25.8 Å². The lowest BCUT2D eigenvalue weighted by molar-refractivity contribution is 0.286. The van der Waals surface area contributed by atoms with E-state index in [1.54, 1.807) is 25.1 Å². The Morgan fingerprint density at radius 3 is 2.52 bits per heavy atom. The fourth-order valence-electron chi connectivity index (χ4n) is 1.61. The second kappa shape index (κ2) is 10.1. The Morgan fingerprint density at radius 1 is 1.30 bits per heavy atom. The zero-order valence-electron chi connectivity index (χ0n) is 13.0. The van der Waals surface area contributed by atoms with Crippen LogP contribution in [0.2, 0.25) is 5.02 Å². The first-order valence-corrected chi connectivity index (χ1v) is 11.1. The monoisotopic (exact) mass is 418 g/mol. The zero-order chi connectivity index (χ0) is 17.5. The average molecular weight is 420 g/mol. The van der Waals surface area contributed by atoms with E-state index in [-0.39, 0.29) is 16.9 Å². The van der Waals surface area contributed by atoms with Gasteiger partial charge in [0, 0.05) is 10.8 Å². The molecule has 0 bridgehead atoms. The van der Waals surface area contributed by atoms with Crippen molar-refractivity contribution in [2.24, 2.45) is 0 Å². The van der Waals surface area contributed by atoms with Crippen molar-refractivity contribution in [3.63, 3.8) is 0 Å². The molecule has 1 unspecified atom stereocenters. The van der Waals surface area contributed by atoms with Crippen LogP contribution in [0.5, 0.6) is 5.75 Å². The molecular weight excluding hydrogens is 402 g/mol. The van der Waals surface area contributed by atoms with E-state index in [9.17, 15) is 4.57 Å². The third-order valence-electron chi connectivity index (χ3n) is 2.52. The van der Waals surface area contributed by atoms with Crippen molar-refractivity contribution in [1.29, 1.82) is 0 Å². The van der Waals surface area contributed by atoms with E-state index in [0.29, 0.717) is 22.1 Å². The van der Waals surface area contributed by atoms with Crippen LogP contribution in [0.15, 0.2) is 22.7 Å². The molecule has 130 valence electrons. The highest BCUT2D eigenvalue weighted by Crippen LogP contribution is 2.63. The number of halogens is 3. The molecule has 0 saturated heterocycles. The standard InChI is InChI=1S/C14H18Cl3O4PS/c1-4-8-23-22(18,20-5-2)21-13(14(16)17)11-9-10(15)6-7-12(11)19-3/h6-7,9H,4-5,8H2,1-3H3. The predicted molar refractivity (Wildman–Crippen MR) is 99.7 cm³/mol. The quantitative estimate of drug-likeness (QED) is 0.327. The maximum Gasteiger partial charge on any atom is 0.440 e. The zero-order valence-corrected chi connectivity index (χ0v) is 17.0. The molecule has 0 N–H and O–H groups in total. The Bertz CT molecular complexity index is 606. The lowest BCUT2D eigenvalue weighted by atomic mass is 10.2. The Labute approximate surface area is 155 Å². The number of hydrogen-bond acceptors (Lipinski definition) is 5. The Hall–Kier alpha value is -0.0300. The predicted octanol–water partition coefficient (Wildman–Crippen LogP) is 6.76. The summed E-state index contributed by atoms with van der Waals surface area (Å²) in [6.45, 7) is 0.462. The summed E-state index contributed by atoms with van der Waals surface area (Å²) in [4.78, 5) is 0. The van der Waals surface area contributed by atoms with E-state index in [1.807, 2.05) is 6.92 Å². The minimum absolute atomic E-state index is 0.00747. The molecule has 0 saturated carbocycles. The topological polar surface area (TPSA) is 44.8 Å². The molecule has 1 atom stereocenters. The van der Waals surface area contributed by atoms with Crippen molar-refractivity contribution < 1.29 is 18.3 Å². The molecular formula is C14H18Cl3O4PS. The number of rotatable bonds is 9. The summed E-state index contributed by atoms with van der Waals surface area (Å²) >= 11 is 19.0. The van der Waals surface area contributed by atoms with Crippen LogP contribution < -0.4 is 4.74 Å². The average Bonchev–Trinajstić information content (AvgIpc) is 2.51. The molecule has 0 amide bonds. The van der Waals surface area contributed by atoms with Crippen LogP contribution in [0, 0.1) is 0 Å². The van der Waals surface area contributed by atoms with Gasteiger partial charge in [0.25, 0.3) is 0 Å². The van der Waals surface area contributed by atoms with Gasteiger partial charge in [0.15, 0.2) is 5.76 Å². The van der Waals surface area contributed by atoms with Crippen LogP contribution in [-0.4, -0.2) is 19.5 Å². The fourth-order valence-corrected chi connectivity index (χ4v) is 5.62. The Kier molecular flexibility index (Phi) is 9.20. The van der Waals surface area contributed by atoms with Gasteiger partial charge in [-0.05, 0) is 42.9 Å². The summed E-state index contributed by atoms with van der Waals surface area (Å²) in [5.41, 5.74) is 0.400. The molecule has 1 aromatic rings. The second-order valence-electron chi connectivity index (χ2n) is 4.22. The van der Waals surface area contributed by atoms with E-state index in [0.717, 1.165) is 17.8 Å². The van der Waals surface area contributed by atoms with Crippen molar-refractivity contribution in [3.8, 4) is 5.75 Å². The molecule has 0 spiro atoms. The fraction of sp³-hybridized carbons (Fsp3) is 0.429. The van der Waals surface area contributed by atoms with Crippen molar-refractivity contribution >= 4 is 58.7 Å². The van der Waals surface area contributed by atoms with Gasteiger partial charge in [-0.3, -0.25) is 4.52 Å². The first-order valence-electron chi connectivity index (χ1n) is 6.84. The van der Waals surface area contributed by atoms with Gasteiger partial charge in [0.2, 0.25) is 0 Å². The van der Waals surface area contributed by atoms with E-state index in [4.69, 9.17) is 48.6 Å². The highest BCUT2D eigenvalue weighted by atomic mass is 35.5. The van der Waals surface area contributed by atoms with Gasteiger partial charge in [-0.2, -0.15) is 0 Å². The lowest BCUT2D eigenvalue weighted by Gasteiger charge is -2.21. The number of ether oxygens (including phenoxy) is 1. The van der Waals surface area contributed by atoms with Crippen LogP contribution >= 0.6 is 53.0 Å². The summed E-state index contributed by atoms with van der Waals surface area (Å²) in [7, 11) is 1.49. The molecule has 0 fully saturated rings. The number of methoxy groups -OCH3 is 1. The van der Waals surface area contributed by atoms with E-state index < -0.39 is 6.80 Å². The summed E-state index contributed by atoms with van der Waals surface area (Å²) < 4.78 is 28.8. The van der Waals surface area contributed by atoms with Crippen molar-refractivity contribution in [2.45, 2.75) is 20.3 Å². The molecule has 9 heteroatoms. The highest BCUT2D eigenvalue weighted by Gasteiger charge is 2.30. The molecule has 1 rings (SSSR count). The molecule has 1 aromatic carbocycles. The summed E-state index contributed by atoms with van der Waals surface area (Å²) in [5.74, 6) is 1.05. The first kappa shape index (κ1) is 21.0. The van der Waals surface area contributed by atoms with Gasteiger partial charge in [0.05, 0.1) is 19.3 Å².